The molecule has 4 heteroatoms. The van der Waals surface area contributed by atoms with Crippen LogP contribution in [0.15, 0.2) is 24.3 Å². The molecule has 18 heavy (non-hydrogen) atoms. The van der Waals surface area contributed by atoms with Crippen LogP contribution < -0.4 is 10.6 Å². The Labute approximate surface area is 107 Å². The second-order valence-corrected chi connectivity index (χ2v) is 4.34. The highest BCUT2D eigenvalue weighted by Gasteiger charge is 2.08. The van der Waals surface area contributed by atoms with E-state index in [1.165, 1.54) is 5.56 Å². The highest BCUT2D eigenvalue weighted by Crippen LogP contribution is 2.23. The Balaban J connectivity index is 2.37. The molecule has 0 aliphatic carbocycles. The van der Waals surface area contributed by atoms with Crippen molar-refractivity contribution in [3.63, 3.8) is 0 Å². The van der Waals surface area contributed by atoms with Gasteiger partial charge in [0, 0.05) is 18.3 Å². The Morgan fingerprint density at radius 2 is 1.72 bits per heavy atom. The van der Waals surface area contributed by atoms with Crippen LogP contribution in [0.1, 0.15) is 17.0 Å². The zero-order valence-electron chi connectivity index (χ0n) is 11.2. The summed E-state index contributed by atoms with van der Waals surface area (Å²) in [7, 11) is 1.87. The number of nitrogens with one attached hydrogen (secondary N) is 2. The van der Waals surface area contributed by atoms with E-state index in [-0.39, 0.29) is 0 Å². The van der Waals surface area contributed by atoms with Crippen molar-refractivity contribution < 1.29 is 0 Å². The minimum atomic E-state index is 0.750. The topological polar surface area (TPSA) is 49.8 Å². The highest BCUT2D eigenvalue weighted by atomic mass is 15.1. The van der Waals surface area contributed by atoms with Crippen molar-refractivity contribution in [3.8, 4) is 0 Å². The van der Waals surface area contributed by atoms with Gasteiger partial charge in [-0.1, -0.05) is 12.1 Å². The number of hydrogen-bond acceptors (Lipinski definition) is 4. The van der Waals surface area contributed by atoms with E-state index in [4.69, 9.17) is 0 Å². The van der Waals surface area contributed by atoms with E-state index < -0.39 is 0 Å². The summed E-state index contributed by atoms with van der Waals surface area (Å²) in [6.45, 7) is 5.97. The number of aryl methyl sites for hydroxylation is 2. The van der Waals surface area contributed by atoms with Crippen LogP contribution >= 0.6 is 0 Å². The summed E-state index contributed by atoms with van der Waals surface area (Å²) in [6, 6.07) is 8.22. The van der Waals surface area contributed by atoms with Crippen molar-refractivity contribution >= 4 is 17.3 Å². The first-order valence-electron chi connectivity index (χ1n) is 5.97. The molecule has 4 nitrogen and oxygen atoms in total. The smallest absolute Gasteiger partial charge is 0.139 e. The third-order valence-corrected chi connectivity index (χ3v) is 2.78. The zero-order valence-corrected chi connectivity index (χ0v) is 11.2. The van der Waals surface area contributed by atoms with Crippen LogP contribution in [0.2, 0.25) is 0 Å². The fourth-order valence-corrected chi connectivity index (χ4v) is 1.85. The highest BCUT2D eigenvalue weighted by molar-refractivity contribution is 5.64. The van der Waals surface area contributed by atoms with E-state index in [1.54, 1.807) is 0 Å². The number of nitrogens with zero attached hydrogens (tertiary/aromatic N) is 2. The Morgan fingerprint density at radius 1 is 1.00 bits per heavy atom. The van der Waals surface area contributed by atoms with Gasteiger partial charge < -0.3 is 10.6 Å². The molecule has 1 heterocycles. The predicted molar refractivity (Wildman–Crippen MR) is 75.5 cm³/mol. The van der Waals surface area contributed by atoms with Crippen molar-refractivity contribution in [1.29, 1.82) is 0 Å². The van der Waals surface area contributed by atoms with Crippen LogP contribution in [0.25, 0.3) is 0 Å². The van der Waals surface area contributed by atoms with E-state index in [0.717, 1.165) is 28.7 Å². The van der Waals surface area contributed by atoms with Gasteiger partial charge in [-0.25, -0.2) is 9.97 Å². The van der Waals surface area contributed by atoms with Crippen LogP contribution in [0.5, 0.6) is 0 Å². The fourth-order valence-electron chi connectivity index (χ4n) is 1.85. The molecule has 0 unspecified atom stereocenters. The Bertz CT molecular complexity index is 564. The van der Waals surface area contributed by atoms with Crippen LogP contribution in [-0.4, -0.2) is 17.0 Å². The third kappa shape index (κ3) is 2.59. The van der Waals surface area contributed by atoms with Gasteiger partial charge in [-0.2, -0.15) is 0 Å². The zero-order chi connectivity index (χ0) is 13.1. The monoisotopic (exact) mass is 242 g/mol. The van der Waals surface area contributed by atoms with Gasteiger partial charge in [0.15, 0.2) is 0 Å². The molecule has 0 saturated heterocycles. The van der Waals surface area contributed by atoms with Crippen molar-refractivity contribution in [2.45, 2.75) is 20.8 Å². The average Bonchev–Trinajstić information content (AvgIpc) is 2.33. The Hall–Kier alpha value is -2.10. The lowest BCUT2D eigenvalue weighted by atomic mass is 10.2. The minimum Gasteiger partial charge on any atom is -0.373 e. The summed E-state index contributed by atoms with van der Waals surface area (Å²) in [5, 5.41) is 6.42. The fraction of sp³-hybridized carbons (Fsp3) is 0.286. The molecule has 1 aromatic carbocycles. The van der Waals surface area contributed by atoms with Crippen molar-refractivity contribution in [3.05, 3.63) is 41.2 Å². The second-order valence-electron chi connectivity index (χ2n) is 4.34. The van der Waals surface area contributed by atoms with Gasteiger partial charge in [-0.15, -0.1) is 0 Å². The number of anilines is 3. The van der Waals surface area contributed by atoms with Crippen LogP contribution in [0, 0.1) is 20.8 Å². The van der Waals surface area contributed by atoms with Gasteiger partial charge in [0.25, 0.3) is 0 Å². The maximum Gasteiger partial charge on any atom is 0.139 e. The molecule has 0 aliphatic heterocycles. The molecule has 1 aromatic heterocycles. The largest absolute Gasteiger partial charge is 0.373 e. The molecule has 0 saturated carbocycles. The summed E-state index contributed by atoms with van der Waals surface area (Å²) in [4.78, 5) is 8.79. The number of aromatic nitrogens is 2. The summed E-state index contributed by atoms with van der Waals surface area (Å²) in [5.41, 5.74) is 3.28. The summed E-state index contributed by atoms with van der Waals surface area (Å²) >= 11 is 0. The number of hydrogen-bond donors (Lipinski definition) is 2. The average molecular weight is 242 g/mol. The van der Waals surface area contributed by atoms with Crippen molar-refractivity contribution in [2.75, 3.05) is 17.7 Å². The van der Waals surface area contributed by atoms with Gasteiger partial charge in [-0.3, -0.25) is 0 Å². The van der Waals surface area contributed by atoms with E-state index in [9.17, 15) is 0 Å². The molecule has 0 amide bonds. The van der Waals surface area contributed by atoms with E-state index in [2.05, 4.69) is 39.7 Å². The van der Waals surface area contributed by atoms with Gasteiger partial charge in [0.05, 0.1) is 0 Å². The molecule has 0 spiro atoms. The molecule has 2 rings (SSSR count). The Morgan fingerprint density at radius 3 is 2.39 bits per heavy atom. The lowest BCUT2D eigenvalue weighted by Gasteiger charge is -2.12. The molecule has 0 atom stereocenters. The molecule has 0 aliphatic rings. The molecule has 94 valence electrons. The standard InChI is InChI=1S/C14H18N4/c1-9-6-5-7-12(8-9)18-14-10(2)13(15-4)16-11(3)17-14/h5-8H,1-4H3,(H2,15,16,17,18). The molecule has 0 radical (unpaired) electrons. The number of benzene rings is 1. The first kappa shape index (κ1) is 12.4. The second kappa shape index (κ2) is 5.04. The van der Waals surface area contributed by atoms with E-state index in [1.807, 2.05) is 33.0 Å². The molecular formula is C14H18N4. The van der Waals surface area contributed by atoms with Crippen molar-refractivity contribution in [2.24, 2.45) is 0 Å². The number of rotatable bonds is 3. The SMILES string of the molecule is CNc1nc(C)nc(Nc2cccc(C)c2)c1C. The maximum atomic E-state index is 4.44. The molecule has 0 bridgehead atoms. The lowest BCUT2D eigenvalue weighted by molar-refractivity contribution is 1.03. The molecule has 2 aromatic rings. The van der Waals surface area contributed by atoms with Gasteiger partial charge in [0.1, 0.15) is 17.5 Å². The lowest BCUT2D eigenvalue weighted by Crippen LogP contribution is -2.05. The third-order valence-electron chi connectivity index (χ3n) is 2.78. The first-order chi connectivity index (χ1) is 8.60. The van der Waals surface area contributed by atoms with Crippen LogP contribution in [-0.2, 0) is 0 Å². The maximum absolute atomic E-state index is 4.44. The quantitative estimate of drug-likeness (QED) is 0.868. The molecule has 2 N–H and O–H groups in total. The molecular weight excluding hydrogens is 224 g/mol. The predicted octanol–water partition coefficient (Wildman–Crippen LogP) is 3.19. The summed E-state index contributed by atoms with van der Waals surface area (Å²) in [6.07, 6.45) is 0. The first-order valence-corrected chi connectivity index (χ1v) is 5.97. The van der Waals surface area contributed by atoms with Crippen LogP contribution in [0.3, 0.4) is 0 Å². The van der Waals surface area contributed by atoms with Gasteiger partial charge >= 0.3 is 0 Å². The van der Waals surface area contributed by atoms with Crippen molar-refractivity contribution in [1.82, 2.24) is 9.97 Å². The van der Waals surface area contributed by atoms with E-state index >= 15 is 0 Å². The molecule has 0 fully saturated rings. The Kier molecular flexibility index (Phi) is 3.46. The van der Waals surface area contributed by atoms with Gasteiger partial charge in [-0.05, 0) is 38.5 Å². The van der Waals surface area contributed by atoms with E-state index in [0.29, 0.717) is 0 Å². The summed E-state index contributed by atoms with van der Waals surface area (Å²) in [5.74, 6) is 2.45. The van der Waals surface area contributed by atoms with Crippen LogP contribution in [0.4, 0.5) is 17.3 Å². The normalized spacial score (nSPS) is 10.2. The van der Waals surface area contributed by atoms with Gasteiger partial charge in [0.2, 0.25) is 0 Å². The summed E-state index contributed by atoms with van der Waals surface area (Å²) < 4.78 is 0. The minimum absolute atomic E-state index is 0.750.